The molecule has 10 heteroatoms. The number of hydrogen-bond acceptors (Lipinski definition) is 7. The van der Waals surface area contributed by atoms with E-state index in [1.165, 1.54) is 0 Å². The molecule has 0 aliphatic rings. The number of aryl methyl sites for hydroxylation is 2. The summed E-state index contributed by atoms with van der Waals surface area (Å²) in [5.41, 5.74) is 3.62. The van der Waals surface area contributed by atoms with Crippen molar-refractivity contribution in [2.75, 3.05) is 11.9 Å². The Balaban J connectivity index is 1.41. The lowest BCUT2D eigenvalue weighted by atomic mass is 10.2. The maximum absolute atomic E-state index is 12.2. The maximum atomic E-state index is 12.2. The molecule has 2 heterocycles. The van der Waals surface area contributed by atoms with Crippen molar-refractivity contribution >= 4 is 28.8 Å². The number of hydrogen-bond donors (Lipinski definition) is 3. The molecule has 0 saturated heterocycles. The van der Waals surface area contributed by atoms with Crippen molar-refractivity contribution in [1.29, 1.82) is 0 Å². The van der Waals surface area contributed by atoms with Crippen LogP contribution < -0.4 is 10.6 Å². The molecule has 9 nitrogen and oxygen atoms in total. The first-order valence-corrected chi connectivity index (χ1v) is 9.36. The molecule has 0 aliphatic heterocycles. The second kappa shape index (κ2) is 9.20. The third-order valence-corrected chi connectivity index (χ3v) is 4.74. The molecule has 3 rings (SSSR count). The summed E-state index contributed by atoms with van der Waals surface area (Å²) in [7, 11) is 0. The van der Waals surface area contributed by atoms with Gasteiger partial charge in [-0.3, -0.25) is 14.7 Å². The largest absolute Gasteiger partial charge is 0.364 e. The second-order valence-electron chi connectivity index (χ2n) is 6.11. The lowest BCUT2D eigenvalue weighted by Crippen LogP contribution is -2.27. The van der Waals surface area contributed by atoms with Crippen LogP contribution in [0, 0.1) is 13.8 Å². The Labute approximate surface area is 165 Å². The molecule has 0 atom stereocenters. The van der Waals surface area contributed by atoms with Gasteiger partial charge in [-0.05, 0) is 26.0 Å². The molecule has 0 spiro atoms. The van der Waals surface area contributed by atoms with Gasteiger partial charge in [-0.1, -0.05) is 29.0 Å². The maximum Gasteiger partial charge on any atom is 0.286 e. The number of rotatable bonds is 8. The van der Waals surface area contributed by atoms with Crippen LogP contribution in [0.1, 0.15) is 31.6 Å². The average Bonchev–Trinajstić information content (AvgIpc) is 3.31. The normalized spacial score (nSPS) is 10.6. The molecule has 146 valence electrons. The first kappa shape index (κ1) is 19.6. The van der Waals surface area contributed by atoms with Gasteiger partial charge >= 0.3 is 0 Å². The van der Waals surface area contributed by atoms with Crippen LogP contribution >= 0.6 is 11.3 Å². The zero-order valence-corrected chi connectivity index (χ0v) is 16.3. The van der Waals surface area contributed by atoms with Crippen molar-refractivity contribution in [2.24, 2.45) is 0 Å². The van der Waals surface area contributed by atoms with Gasteiger partial charge in [0.25, 0.3) is 5.91 Å². The molecule has 0 aliphatic carbocycles. The Morgan fingerprint density at radius 1 is 1.18 bits per heavy atom. The van der Waals surface area contributed by atoms with E-state index in [1.807, 2.05) is 38.1 Å². The van der Waals surface area contributed by atoms with Crippen LogP contribution in [0.5, 0.6) is 0 Å². The van der Waals surface area contributed by atoms with E-state index in [-0.39, 0.29) is 30.0 Å². The number of aromatic amines is 1. The Bertz CT molecular complexity index is 950. The molecular formula is C18H20N6O3S. The van der Waals surface area contributed by atoms with Crippen LogP contribution in [0.15, 0.2) is 30.5 Å². The molecular weight excluding hydrogens is 380 g/mol. The van der Waals surface area contributed by atoms with Gasteiger partial charge in [0.2, 0.25) is 10.9 Å². The third-order valence-electron chi connectivity index (χ3n) is 3.84. The first-order valence-electron chi connectivity index (χ1n) is 8.55. The fraction of sp³-hybridized carbons (Fsp3) is 0.278. The zero-order valence-electron chi connectivity index (χ0n) is 15.5. The van der Waals surface area contributed by atoms with Crippen molar-refractivity contribution in [3.8, 4) is 0 Å². The summed E-state index contributed by atoms with van der Waals surface area (Å²) in [6.07, 6.45) is 1.67. The highest BCUT2D eigenvalue weighted by molar-refractivity contribution is 7.13. The van der Waals surface area contributed by atoms with Crippen molar-refractivity contribution in [3.63, 3.8) is 0 Å². The summed E-state index contributed by atoms with van der Waals surface area (Å²) in [6, 6.07) is 7.46. The molecule has 3 aromatic rings. The van der Waals surface area contributed by atoms with E-state index in [1.54, 1.807) is 6.20 Å². The highest BCUT2D eigenvalue weighted by atomic mass is 32.1. The molecule has 2 amide bonds. The summed E-state index contributed by atoms with van der Waals surface area (Å²) in [5.74, 6) is -0.580. The number of nitrogens with zero attached hydrogens (tertiary/aromatic N) is 3. The molecule has 0 radical (unpaired) electrons. The van der Waals surface area contributed by atoms with Gasteiger partial charge in [-0.25, -0.2) is 0 Å². The second-order valence-corrected chi connectivity index (χ2v) is 7.17. The number of ether oxygens (including phenoxy) is 1. The summed E-state index contributed by atoms with van der Waals surface area (Å²) in [5, 5.41) is 20.8. The van der Waals surface area contributed by atoms with Crippen LogP contribution in [-0.4, -0.2) is 38.8 Å². The van der Waals surface area contributed by atoms with Crippen LogP contribution in [-0.2, 0) is 22.7 Å². The standard InChI is InChI=1S/C18H20N6O3S/c1-11-3-5-14(6-4-11)21-17(26)18-24-23-16(28-18)10-27-9-15(25)19-7-13-8-20-22-12(13)2/h3-6,8H,7,9-10H2,1-2H3,(H,19,25)(H,20,22)(H,21,26). The first-order chi connectivity index (χ1) is 13.5. The molecule has 3 N–H and O–H groups in total. The van der Waals surface area contributed by atoms with E-state index < -0.39 is 0 Å². The van der Waals surface area contributed by atoms with Gasteiger partial charge in [-0.15, -0.1) is 10.2 Å². The van der Waals surface area contributed by atoms with E-state index in [9.17, 15) is 9.59 Å². The van der Waals surface area contributed by atoms with Crippen LogP contribution in [0.25, 0.3) is 0 Å². The summed E-state index contributed by atoms with van der Waals surface area (Å²) < 4.78 is 5.35. The predicted octanol–water partition coefficient (Wildman–Crippen LogP) is 1.96. The van der Waals surface area contributed by atoms with Crippen LogP contribution in [0.3, 0.4) is 0 Å². The fourth-order valence-electron chi connectivity index (χ4n) is 2.25. The average molecular weight is 400 g/mol. The number of carbonyl (C=O) groups is 2. The quantitative estimate of drug-likeness (QED) is 0.531. The van der Waals surface area contributed by atoms with E-state index in [2.05, 4.69) is 31.0 Å². The molecule has 0 bridgehead atoms. The van der Waals surface area contributed by atoms with E-state index in [0.717, 1.165) is 28.2 Å². The number of anilines is 1. The van der Waals surface area contributed by atoms with E-state index in [0.29, 0.717) is 17.2 Å². The molecule has 0 saturated carbocycles. The topological polar surface area (TPSA) is 122 Å². The number of H-pyrrole nitrogens is 1. The van der Waals surface area contributed by atoms with Gasteiger partial charge in [0.15, 0.2) is 0 Å². The van der Waals surface area contributed by atoms with Crippen LogP contribution in [0.2, 0.25) is 0 Å². The number of aromatic nitrogens is 4. The Morgan fingerprint density at radius 3 is 2.68 bits per heavy atom. The summed E-state index contributed by atoms with van der Waals surface area (Å²) in [6.45, 7) is 4.23. The van der Waals surface area contributed by atoms with Gasteiger partial charge in [0.1, 0.15) is 18.2 Å². The highest BCUT2D eigenvalue weighted by Gasteiger charge is 2.13. The van der Waals surface area contributed by atoms with Crippen LogP contribution in [0.4, 0.5) is 5.69 Å². The smallest absolute Gasteiger partial charge is 0.286 e. The molecule has 0 fully saturated rings. The summed E-state index contributed by atoms with van der Waals surface area (Å²) >= 11 is 1.13. The van der Waals surface area contributed by atoms with Gasteiger partial charge in [0, 0.05) is 23.5 Å². The van der Waals surface area contributed by atoms with Gasteiger partial charge in [-0.2, -0.15) is 5.10 Å². The minimum absolute atomic E-state index is 0.105. The lowest BCUT2D eigenvalue weighted by Gasteiger charge is -2.04. The number of amides is 2. The minimum atomic E-state index is -0.333. The molecule has 0 unspecified atom stereocenters. The van der Waals surface area contributed by atoms with E-state index in [4.69, 9.17) is 4.74 Å². The predicted molar refractivity (Wildman–Crippen MR) is 104 cm³/mol. The highest BCUT2D eigenvalue weighted by Crippen LogP contribution is 2.14. The third kappa shape index (κ3) is 5.44. The minimum Gasteiger partial charge on any atom is -0.364 e. The molecule has 1 aromatic carbocycles. The molecule has 28 heavy (non-hydrogen) atoms. The zero-order chi connectivity index (χ0) is 19.9. The van der Waals surface area contributed by atoms with Gasteiger partial charge in [0.05, 0.1) is 6.20 Å². The number of nitrogens with one attached hydrogen (secondary N) is 3. The Hall–Kier alpha value is -3.11. The fourth-order valence-corrected chi connectivity index (χ4v) is 2.93. The van der Waals surface area contributed by atoms with E-state index >= 15 is 0 Å². The SMILES string of the molecule is Cc1ccc(NC(=O)c2nnc(COCC(=O)NCc3cn[nH]c3C)s2)cc1. The monoisotopic (exact) mass is 400 g/mol. The van der Waals surface area contributed by atoms with Crippen molar-refractivity contribution in [2.45, 2.75) is 27.0 Å². The summed E-state index contributed by atoms with van der Waals surface area (Å²) in [4.78, 5) is 24.0. The lowest BCUT2D eigenvalue weighted by molar-refractivity contribution is -0.126. The number of benzene rings is 1. The van der Waals surface area contributed by atoms with Crippen molar-refractivity contribution in [3.05, 3.63) is 57.3 Å². The Kier molecular flexibility index (Phi) is 6.45. The van der Waals surface area contributed by atoms with Crippen molar-refractivity contribution < 1.29 is 14.3 Å². The number of carbonyl (C=O) groups excluding carboxylic acids is 2. The Morgan fingerprint density at radius 2 is 1.96 bits per heavy atom. The van der Waals surface area contributed by atoms with Crippen molar-refractivity contribution in [1.82, 2.24) is 25.7 Å². The van der Waals surface area contributed by atoms with Gasteiger partial charge < -0.3 is 15.4 Å². The molecule has 2 aromatic heterocycles.